The Kier molecular flexibility index (Phi) is 15.4. The predicted octanol–water partition coefficient (Wildman–Crippen LogP) is 14.3. The van der Waals surface area contributed by atoms with Crippen LogP contribution in [-0.4, -0.2) is 11.1 Å². The van der Waals surface area contributed by atoms with Crippen molar-refractivity contribution in [3.8, 4) is 0 Å². The average Bonchev–Trinajstić information content (AvgIpc) is 3.29. The Bertz CT molecular complexity index is 2890. The van der Waals surface area contributed by atoms with Crippen LogP contribution in [0.25, 0.3) is 10.8 Å². The van der Waals surface area contributed by atoms with Crippen molar-refractivity contribution < 1.29 is 115 Å². The van der Waals surface area contributed by atoms with E-state index in [-0.39, 0.29) is 10.6 Å². The molecule has 0 bridgehead atoms. The third kappa shape index (κ3) is 13.2. The smallest absolute Gasteiger partial charge is 0.258 e. The minimum absolute atomic E-state index is 0.160. The summed E-state index contributed by atoms with van der Waals surface area (Å²) in [5.74, 6) is 0. The van der Waals surface area contributed by atoms with Gasteiger partial charge in [-0.05, 0) is 41.8 Å². The summed E-state index contributed by atoms with van der Waals surface area (Å²) in [5.41, 5.74) is -29.3. The molecule has 1 heterocycles. The highest BCUT2D eigenvalue weighted by molar-refractivity contribution is 7.20. The first-order valence-electron chi connectivity index (χ1n) is 21.0. The molecule has 0 saturated heterocycles. The molecular weight excluding hydrogens is 1100 g/mol. The number of aromatic nitrogens is 1. The highest BCUT2D eigenvalue weighted by atomic mass is 19.4. The molecule has 0 aliphatic carbocycles. The van der Waals surface area contributed by atoms with Gasteiger partial charge in [0.1, 0.15) is 6.15 Å². The third-order valence-electron chi connectivity index (χ3n) is 11.7. The van der Waals surface area contributed by atoms with Gasteiger partial charge < -0.3 is 0 Å². The monoisotopic (exact) mass is 1130 g/mol. The second-order valence-electron chi connectivity index (χ2n) is 16.9. The SMILES string of the molecule is FC(F)(F)c1cc([B-](c2cc(C(F)(F)F)cc(C(F)(F)F)c2)(c2cc(C(F)(F)F)cc(C(F)(F)F)c2)c2cc(C(F)(F)F)cc(C(F)(F)F)c2)cc(C(F)(F)F)c1.O=[N+]([O-])c1ccccc1C[n+]1ccc2ccccc2c1. The summed E-state index contributed by atoms with van der Waals surface area (Å²) in [6.07, 6.45) is -50.9. The number of hydrogen-bond donors (Lipinski definition) is 0. The van der Waals surface area contributed by atoms with Crippen LogP contribution in [0.3, 0.4) is 0 Å². The van der Waals surface area contributed by atoms with Crippen LogP contribution in [0.2, 0.25) is 0 Å². The molecule has 0 saturated carbocycles. The van der Waals surface area contributed by atoms with Crippen molar-refractivity contribution in [1.29, 1.82) is 0 Å². The van der Waals surface area contributed by atoms with Crippen molar-refractivity contribution in [2.24, 2.45) is 0 Å². The Hall–Kier alpha value is -7.49. The minimum Gasteiger partial charge on any atom is -0.258 e. The van der Waals surface area contributed by atoms with Crippen molar-refractivity contribution in [2.45, 2.75) is 56.0 Å². The summed E-state index contributed by atoms with van der Waals surface area (Å²) < 4.78 is 343. The molecule has 7 rings (SSSR count). The lowest BCUT2D eigenvalue weighted by molar-refractivity contribution is -0.687. The molecule has 0 aliphatic rings. The predicted molar refractivity (Wildman–Crippen MR) is 226 cm³/mol. The first-order chi connectivity index (χ1) is 35.0. The highest BCUT2D eigenvalue weighted by Gasteiger charge is 2.47. The fraction of sp³-hybridized carbons (Fsp3) is 0.188. The third-order valence-corrected chi connectivity index (χ3v) is 11.7. The van der Waals surface area contributed by atoms with E-state index in [1.807, 2.05) is 53.4 Å². The fourth-order valence-electron chi connectivity index (χ4n) is 8.37. The summed E-state index contributed by atoms with van der Waals surface area (Å²) >= 11 is 0. The van der Waals surface area contributed by atoms with E-state index >= 15 is 0 Å². The van der Waals surface area contributed by atoms with Crippen molar-refractivity contribution in [3.05, 3.63) is 200 Å². The Morgan fingerprint density at radius 2 is 0.623 bits per heavy atom. The van der Waals surface area contributed by atoms with Crippen LogP contribution in [-0.2, 0) is 56.0 Å². The molecule has 0 spiro atoms. The molecule has 4 nitrogen and oxygen atoms in total. The van der Waals surface area contributed by atoms with Crippen LogP contribution in [0.1, 0.15) is 50.1 Å². The maximum absolute atomic E-state index is 14.2. The molecule has 1 aromatic heterocycles. The van der Waals surface area contributed by atoms with Crippen molar-refractivity contribution >= 4 is 44.5 Å². The number of alkyl halides is 24. The second-order valence-corrected chi connectivity index (χ2v) is 16.9. The van der Waals surface area contributed by atoms with Crippen LogP contribution in [0.4, 0.5) is 111 Å². The van der Waals surface area contributed by atoms with Crippen molar-refractivity contribution in [2.75, 3.05) is 0 Å². The van der Waals surface area contributed by atoms with E-state index in [1.54, 1.807) is 12.1 Å². The molecule has 0 N–H and O–H groups in total. The number of pyridine rings is 1. The summed E-state index contributed by atoms with van der Waals surface area (Å²) in [6.45, 7) is 0.488. The Morgan fingerprint density at radius 1 is 0.364 bits per heavy atom. The molecule has 0 radical (unpaired) electrons. The maximum Gasteiger partial charge on any atom is 0.416 e. The van der Waals surface area contributed by atoms with E-state index in [9.17, 15) is 115 Å². The Balaban J connectivity index is 0.000000397. The quantitative estimate of drug-likeness (QED) is 0.0525. The number of nitrogens with zero attached hydrogens (tertiary/aromatic N) is 2. The lowest BCUT2D eigenvalue weighted by atomic mass is 9.12. The van der Waals surface area contributed by atoms with Gasteiger partial charge in [0, 0.05) is 17.5 Å². The maximum atomic E-state index is 14.2. The molecule has 0 amide bonds. The molecule has 29 heteroatoms. The average molecular weight is 1130 g/mol. The summed E-state index contributed by atoms with van der Waals surface area (Å²) in [4.78, 5) is 10.7. The lowest BCUT2D eigenvalue weighted by Gasteiger charge is -2.46. The van der Waals surface area contributed by atoms with E-state index in [2.05, 4.69) is 0 Å². The van der Waals surface area contributed by atoms with Gasteiger partial charge in [0.25, 0.3) is 5.69 Å². The number of halogens is 24. The molecule has 0 atom stereocenters. The zero-order valence-electron chi connectivity index (χ0n) is 37.3. The zero-order chi connectivity index (χ0) is 57.9. The molecule has 0 unspecified atom stereocenters. The highest BCUT2D eigenvalue weighted by Crippen LogP contribution is 2.41. The van der Waals surface area contributed by atoms with Gasteiger partial charge in [-0.2, -0.15) is 132 Å². The van der Waals surface area contributed by atoms with Gasteiger partial charge in [0.2, 0.25) is 0 Å². The number of benzene rings is 6. The van der Waals surface area contributed by atoms with Gasteiger partial charge in [-0.25, -0.2) is 0 Å². The van der Waals surface area contributed by atoms with Gasteiger partial charge in [0.05, 0.1) is 55.0 Å². The zero-order valence-corrected chi connectivity index (χ0v) is 37.3. The topological polar surface area (TPSA) is 47.0 Å². The largest absolute Gasteiger partial charge is 0.416 e. The molecule has 77 heavy (non-hydrogen) atoms. The van der Waals surface area contributed by atoms with Gasteiger partial charge >= 0.3 is 49.4 Å². The van der Waals surface area contributed by atoms with Crippen LogP contribution >= 0.6 is 0 Å². The van der Waals surface area contributed by atoms with Crippen LogP contribution in [0.15, 0.2) is 140 Å². The van der Waals surface area contributed by atoms with Gasteiger partial charge in [0.15, 0.2) is 18.9 Å². The van der Waals surface area contributed by atoms with Crippen molar-refractivity contribution in [3.63, 3.8) is 0 Å². The number of hydrogen-bond acceptors (Lipinski definition) is 2. The van der Waals surface area contributed by atoms with Gasteiger partial charge in [-0.15, -0.1) is 0 Å². The van der Waals surface area contributed by atoms with E-state index < -0.39 is 195 Å². The summed E-state index contributed by atoms with van der Waals surface area (Å²) in [7, 11) is 0. The first-order valence-corrected chi connectivity index (χ1v) is 21.0. The summed E-state index contributed by atoms with van der Waals surface area (Å²) in [6, 6.07) is 8.11. The number of para-hydroxylation sites is 1. The van der Waals surface area contributed by atoms with E-state index in [0.717, 1.165) is 10.8 Å². The second kappa shape index (κ2) is 20.1. The summed E-state index contributed by atoms with van der Waals surface area (Å²) in [5, 5.41) is 13.3. The van der Waals surface area contributed by atoms with Crippen molar-refractivity contribution in [1.82, 2.24) is 0 Å². The van der Waals surface area contributed by atoms with E-state index in [4.69, 9.17) is 0 Å². The standard InChI is InChI=1S/C32H12BF24.C16H13N2O2/c34-25(35,36)13-1-14(26(37,38)39)6-21(5-13)33(22-7-15(27(40,41)42)2-16(8-22)28(43,44)45,23-9-17(29(46,47)48)3-18(10-23)30(49,50)51)24-11-19(31(52,53)54)4-20(12-24)32(55,56)57;19-18(20)16-8-4-3-7-15(16)12-17-10-9-13-5-1-2-6-14(13)11-17/h1-12H;1-11H,12H2/q-1;+1. The molecule has 410 valence electrons. The van der Waals surface area contributed by atoms with E-state index in [0.29, 0.717) is 12.1 Å². The first kappa shape index (κ1) is 58.8. The Morgan fingerprint density at radius 3 is 0.896 bits per heavy atom. The van der Waals surface area contributed by atoms with Crippen LogP contribution < -0.4 is 26.4 Å². The van der Waals surface area contributed by atoms with E-state index in [1.165, 1.54) is 6.07 Å². The van der Waals surface area contributed by atoms with Gasteiger partial charge in [-0.1, -0.05) is 78.9 Å². The van der Waals surface area contributed by atoms with Crippen LogP contribution in [0, 0.1) is 10.1 Å². The van der Waals surface area contributed by atoms with Gasteiger partial charge in [-0.3, -0.25) is 10.1 Å². The number of fused-ring (bicyclic) bond motifs is 1. The lowest BCUT2D eigenvalue weighted by Crippen LogP contribution is -2.75. The molecular formula is C48H25BF24N2O2. The molecule has 7 aromatic rings. The normalized spacial score (nSPS) is 13.4. The number of nitro groups is 1. The number of nitro benzene ring substituents is 1. The minimum atomic E-state index is -6.13. The van der Waals surface area contributed by atoms with Crippen LogP contribution in [0.5, 0.6) is 0 Å². The molecule has 0 fully saturated rings. The molecule has 6 aromatic carbocycles. The number of rotatable bonds is 7. The Labute approximate surface area is 414 Å². The fourth-order valence-corrected chi connectivity index (χ4v) is 8.37. The molecule has 0 aliphatic heterocycles.